The number of carbonyl (C=O) groups excluding carboxylic acids is 1. The summed E-state index contributed by atoms with van der Waals surface area (Å²) in [5.74, 6) is 0.203. The Labute approximate surface area is 98.1 Å². The third-order valence-corrected chi connectivity index (χ3v) is 3.49. The minimum absolute atomic E-state index is 0.203. The van der Waals surface area contributed by atoms with Crippen LogP contribution in [0, 0.1) is 0 Å². The molecule has 2 rings (SSSR count). The van der Waals surface area contributed by atoms with Crippen molar-refractivity contribution in [3.8, 4) is 0 Å². The first-order valence-corrected chi connectivity index (χ1v) is 6.54. The first-order valence-electron chi connectivity index (χ1n) is 6.54. The number of hydrogen-bond acceptors (Lipinski definition) is 2. The number of hydrogen-bond donors (Lipinski definition) is 0. The Balaban J connectivity index is 1.69. The highest BCUT2D eigenvalue weighted by Crippen LogP contribution is 2.09. The molecule has 0 spiro atoms. The van der Waals surface area contributed by atoms with Crippen molar-refractivity contribution < 1.29 is 4.79 Å². The maximum absolute atomic E-state index is 11.7. The van der Waals surface area contributed by atoms with Crippen molar-refractivity contribution >= 4 is 5.91 Å². The smallest absolute Gasteiger partial charge is 0.246 e. The van der Waals surface area contributed by atoms with Gasteiger partial charge in [0.1, 0.15) is 0 Å². The Bertz CT molecular complexity index is 251. The molecule has 2 fully saturated rings. The van der Waals surface area contributed by atoms with Crippen LogP contribution in [-0.4, -0.2) is 48.4 Å². The molecule has 0 aromatic heterocycles. The molecule has 0 atom stereocenters. The summed E-state index contributed by atoms with van der Waals surface area (Å²) < 4.78 is 0. The summed E-state index contributed by atoms with van der Waals surface area (Å²) in [6.45, 7) is 5.24. The van der Waals surface area contributed by atoms with Gasteiger partial charge in [-0.1, -0.05) is 12.5 Å². The molecule has 0 radical (unpaired) electrons. The minimum Gasteiger partial charge on any atom is -0.339 e. The predicted molar refractivity (Wildman–Crippen MR) is 65.2 cm³/mol. The molecular weight excluding hydrogens is 200 g/mol. The average molecular weight is 222 g/mol. The van der Waals surface area contributed by atoms with E-state index in [4.69, 9.17) is 0 Å². The van der Waals surface area contributed by atoms with E-state index in [2.05, 4.69) is 4.90 Å². The van der Waals surface area contributed by atoms with Crippen molar-refractivity contribution in [3.63, 3.8) is 0 Å². The van der Waals surface area contributed by atoms with Gasteiger partial charge in [-0.25, -0.2) is 0 Å². The maximum atomic E-state index is 11.7. The Morgan fingerprint density at radius 3 is 2.25 bits per heavy atom. The van der Waals surface area contributed by atoms with E-state index in [1.165, 1.54) is 45.2 Å². The lowest BCUT2D eigenvalue weighted by Crippen LogP contribution is -2.30. The third kappa shape index (κ3) is 3.34. The van der Waals surface area contributed by atoms with Crippen LogP contribution in [-0.2, 0) is 4.79 Å². The number of nitrogens with zero attached hydrogens (tertiary/aromatic N) is 2. The van der Waals surface area contributed by atoms with Gasteiger partial charge in [0.15, 0.2) is 0 Å². The first kappa shape index (κ1) is 11.6. The Morgan fingerprint density at radius 2 is 1.56 bits per heavy atom. The van der Waals surface area contributed by atoms with Gasteiger partial charge >= 0.3 is 0 Å². The molecule has 90 valence electrons. The van der Waals surface area contributed by atoms with Crippen molar-refractivity contribution in [1.82, 2.24) is 9.80 Å². The second-order valence-electron chi connectivity index (χ2n) is 4.80. The van der Waals surface area contributed by atoms with Gasteiger partial charge in [-0.05, 0) is 38.8 Å². The zero-order valence-electron chi connectivity index (χ0n) is 10.0. The first-order chi connectivity index (χ1) is 7.86. The van der Waals surface area contributed by atoms with Crippen molar-refractivity contribution in [2.24, 2.45) is 0 Å². The molecule has 0 aromatic carbocycles. The molecule has 0 N–H and O–H groups in total. The molecule has 0 bridgehead atoms. The molecule has 2 aliphatic rings. The van der Waals surface area contributed by atoms with Crippen LogP contribution in [0.5, 0.6) is 0 Å². The second kappa shape index (κ2) is 6.04. The van der Waals surface area contributed by atoms with Gasteiger partial charge in [-0.3, -0.25) is 9.69 Å². The predicted octanol–water partition coefficient (Wildman–Crippen LogP) is 1.65. The fraction of sp³-hybridized carbons (Fsp3) is 0.769. The normalized spacial score (nSPS) is 23.1. The number of piperidine rings is 1. The van der Waals surface area contributed by atoms with Gasteiger partial charge in [0.2, 0.25) is 5.91 Å². The fourth-order valence-electron chi connectivity index (χ4n) is 2.49. The van der Waals surface area contributed by atoms with Gasteiger partial charge in [-0.2, -0.15) is 0 Å². The van der Waals surface area contributed by atoms with Crippen molar-refractivity contribution in [1.29, 1.82) is 0 Å². The molecule has 0 saturated carbocycles. The van der Waals surface area contributed by atoms with E-state index in [0.29, 0.717) is 0 Å². The fourth-order valence-corrected chi connectivity index (χ4v) is 2.49. The van der Waals surface area contributed by atoms with E-state index in [1.807, 2.05) is 11.0 Å². The zero-order chi connectivity index (χ0) is 11.2. The summed E-state index contributed by atoms with van der Waals surface area (Å²) >= 11 is 0. The summed E-state index contributed by atoms with van der Waals surface area (Å²) in [6, 6.07) is 0. The second-order valence-corrected chi connectivity index (χ2v) is 4.80. The minimum atomic E-state index is 0.203. The lowest BCUT2D eigenvalue weighted by molar-refractivity contribution is -0.125. The Morgan fingerprint density at radius 1 is 0.938 bits per heavy atom. The van der Waals surface area contributed by atoms with Crippen LogP contribution in [0.1, 0.15) is 32.1 Å². The quantitative estimate of drug-likeness (QED) is 0.678. The van der Waals surface area contributed by atoms with Crippen LogP contribution in [0.2, 0.25) is 0 Å². The van der Waals surface area contributed by atoms with Gasteiger partial charge in [0, 0.05) is 25.7 Å². The molecule has 0 aromatic rings. The molecule has 0 unspecified atom stereocenters. The molecule has 3 heteroatoms. The number of carbonyl (C=O) groups is 1. The van der Waals surface area contributed by atoms with E-state index < -0.39 is 0 Å². The molecule has 2 heterocycles. The Kier molecular flexibility index (Phi) is 4.40. The summed E-state index contributed by atoms with van der Waals surface area (Å²) in [5, 5.41) is 0. The summed E-state index contributed by atoms with van der Waals surface area (Å²) in [6.07, 6.45) is 10.1. The topological polar surface area (TPSA) is 23.6 Å². The standard InChI is InChI=1S/C13H22N2O/c16-13(15-11-4-5-12-15)7-6-10-14-8-2-1-3-9-14/h6-7H,1-5,8-12H2/b7-6+. The molecule has 1 amide bonds. The number of likely N-dealkylation sites (tertiary alicyclic amines) is 2. The van der Waals surface area contributed by atoms with Crippen LogP contribution in [0.15, 0.2) is 12.2 Å². The maximum Gasteiger partial charge on any atom is 0.246 e. The van der Waals surface area contributed by atoms with Crippen LogP contribution in [0.3, 0.4) is 0 Å². The lowest BCUT2D eigenvalue weighted by Gasteiger charge is -2.24. The average Bonchev–Trinajstić information content (AvgIpc) is 2.84. The van der Waals surface area contributed by atoms with Crippen molar-refractivity contribution in [3.05, 3.63) is 12.2 Å². The van der Waals surface area contributed by atoms with E-state index in [1.54, 1.807) is 6.08 Å². The molecule has 2 aliphatic heterocycles. The van der Waals surface area contributed by atoms with E-state index in [9.17, 15) is 4.79 Å². The Hall–Kier alpha value is -0.830. The monoisotopic (exact) mass is 222 g/mol. The van der Waals surface area contributed by atoms with E-state index in [-0.39, 0.29) is 5.91 Å². The summed E-state index contributed by atoms with van der Waals surface area (Å²) in [7, 11) is 0. The number of rotatable bonds is 3. The van der Waals surface area contributed by atoms with Crippen LogP contribution in [0.4, 0.5) is 0 Å². The molecule has 16 heavy (non-hydrogen) atoms. The van der Waals surface area contributed by atoms with Crippen molar-refractivity contribution in [2.75, 3.05) is 32.7 Å². The summed E-state index contributed by atoms with van der Waals surface area (Å²) in [4.78, 5) is 16.1. The highest BCUT2D eigenvalue weighted by Gasteiger charge is 2.15. The van der Waals surface area contributed by atoms with Crippen LogP contribution < -0.4 is 0 Å². The zero-order valence-corrected chi connectivity index (χ0v) is 10.0. The van der Waals surface area contributed by atoms with E-state index in [0.717, 1.165) is 19.6 Å². The summed E-state index contributed by atoms with van der Waals surface area (Å²) in [5.41, 5.74) is 0. The highest BCUT2D eigenvalue weighted by molar-refractivity contribution is 5.87. The van der Waals surface area contributed by atoms with Crippen molar-refractivity contribution in [2.45, 2.75) is 32.1 Å². The van der Waals surface area contributed by atoms with E-state index >= 15 is 0 Å². The van der Waals surface area contributed by atoms with Gasteiger partial charge < -0.3 is 4.90 Å². The largest absolute Gasteiger partial charge is 0.339 e. The van der Waals surface area contributed by atoms with Gasteiger partial charge in [0.05, 0.1) is 0 Å². The lowest BCUT2D eigenvalue weighted by atomic mass is 10.1. The SMILES string of the molecule is O=C(/C=C/CN1CCCCC1)N1CCCC1. The molecule has 3 nitrogen and oxygen atoms in total. The molecule has 0 aliphatic carbocycles. The molecule has 2 saturated heterocycles. The number of amides is 1. The van der Waals surface area contributed by atoms with Crippen LogP contribution in [0.25, 0.3) is 0 Å². The third-order valence-electron chi connectivity index (χ3n) is 3.49. The highest BCUT2D eigenvalue weighted by atomic mass is 16.2. The van der Waals surface area contributed by atoms with Gasteiger partial charge in [-0.15, -0.1) is 0 Å². The van der Waals surface area contributed by atoms with Crippen LogP contribution >= 0.6 is 0 Å². The van der Waals surface area contributed by atoms with Gasteiger partial charge in [0.25, 0.3) is 0 Å². The molecular formula is C13H22N2O.